The number of aromatic nitrogens is 2. The average molecular weight is 299 g/mol. The number of nitrogens with zero attached hydrogens (tertiary/aromatic N) is 3. The van der Waals surface area contributed by atoms with Crippen LogP contribution in [0, 0.1) is 5.92 Å². The Labute approximate surface area is 121 Å². The van der Waals surface area contributed by atoms with Crippen molar-refractivity contribution in [3.05, 3.63) is 23.2 Å². The molecule has 1 atom stereocenters. The van der Waals surface area contributed by atoms with Gasteiger partial charge in [0.05, 0.1) is 18.2 Å². The first-order valence-electron chi connectivity index (χ1n) is 6.29. The molecule has 7 nitrogen and oxygen atoms in total. The SMILES string of the molecule is O=C(NCc1nccnc1Cl)[C@@H]1CCCN(C(=O)O)C1. The molecule has 0 radical (unpaired) electrons. The van der Waals surface area contributed by atoms with Crippen molar-refractivity contribution < 1.29 is 14.7 Å². The zero-order valence-corrected chi connectivity index (χ0v) is 11.5. The largest absolute Gasteiger partial charge is 0.465 e. The monoisotopic (exact) mass is 298 g/mol. The van der Waals surface area contributed by atoms with Gasteiger partial charge < -0.3 is 15.3 Å². The molecule has 20 heavy (non-hydrogen) atoms. The highest BCUT2D eigenvalue weighted by Gasteiger charge is 2.28. The maximum absolute atomic E-state index is 12.0. The van der Waals surface area contributed by atoms with Crippen molar-refractivity contribution in [3.8, 4) is 0 Å². The summed E-state index contributed by atoms with van der Waals surface area (Å²) in [6.45, 7) is 0.902. The van der Waals surface area contributed by atoms with E-state index in [2.05, 4.69) is 15.3 Å². The van der Waals surface area contributed by atoms with Crippen molar-refractivity contribution in [1.29, 1.82) is 0 Å². The van der Waals surface area contributed by atoms with E-state index in [1.165, 1.54) is 17.3 Å². The average Bonchev–Trinajstić information content (AvgIpc) is 2.46. The fraction of sp³-hybridized carbons (Fsp3) is 0.500. The summed E-state index contributed by atoms with van der Waals surface area (Å²) in [4.78, 5) is 32.1. The van der Waals surface area contributed by atoms with E-state index in [4.69, 9.17) is 16.7 Å². The van der Waals surface area contributed by atoms with E-state index in [1.807, 2.05) is 0 Å². The van der Waals surface area contributed by atoms with Gasteiger partial charge in [0.2, 0.25) is 5.91 Å². The van der Waals surface area contributed by atoms with E-state index in [9.17, 15) is 9.59 Å². The van der Waals surface area contributed by atoms with Gasteiger partial charge in [-0.3, -0.25) is 9.78 Å². The molecule has 2 amide bonds. The third-order valence-corrected chi connectivity index (χ3v) is 3.53. The second-order valence-electron chi connectivity index (χ2n) is 4.58. The summed E-state index contributed by atoms with van der Waals surface area (Å²) >= 11 is 5.85. The van der Waals surface area contributed by atoms with Crippen molar-refractivity contribution in [1.82, 2.24) is 20.2 Å². The number of nitrogens with one attached hydrogen (secondary N) is 1. The molecule has 2 rings (SSSR count). The molecule has 0 bridgehead atoms. The smallest absolute Gasteiger partial charge is 0.407 e. The van der Waals surface area contributed by atoms with Crippen LogP contribution >= 0.6 is 11.6 Å². The predicted molar refractivity (Wildman–Crippen MR) is 71.2 cm³/mol. The third kappa shape index (κ3) is 3.57. The second kappa shape index (κ2) is 6.51. The molecule has 0 saturated carbocycles. The minimum absolute atomic E-state index is 0.183. The number of hydrogen-bond acceptors (Lipinski definition) is 4. The Hall–Kier alpha value is -1.89. The first kappa shape index (κ1) is 14.5. The molecule has 2 N–H and O–H groups in total. The van der Waals surface area contributed by atoms with Gasteiger partial charge in [-0.2, -0.15) is 0 Å². The molecule has 0 aromatic carbocycles. The molecule has 1 aromatic rings. The highest BCUT2D eigenvalue weighted by molar-refractivity contribution is 6.29. The molecule has 8 heteroatoms. The van der Waals surface area contributed by atoms with Gasteiger partial charge in [-0.1, -0.05) is 11.6 Å². The van der Waals surface area contributed by atoms with Gasteiger partial charge in [-0.05, 0) is 12.8 Å². The van der Waals surface area contributed by atoms with Crippen LogP contribution in [0.2, 0.25) is 5.15 Å². The molecular weight excluding hydrogens is 284 g/mol. The van der Waals surface area contributed by atoms with Gasteiger partial charge in [0.25, 0.3) is 0 Å². The van der Waals surface area contributed by atoms with E-state index < -0.39 is 6.09 Å². The molecule has 1 fully saturated rings. The standard InChI is InChI=1S/C12H15ClN4O3/c13-10-9(14-3-4-15-10)6-16-11(18)8-2-1-5-17(7-8)12(19)20/h3-4,8H,1-2,5-7H2,(H,16,18)(H,19,20)/t8-/m1/s1. The second-order valence-corrected chi connectivity index (χ2v) is 4.94. The maximum atomic E-state index is 12.0. The zero-order valence-electron chi connectivity index (χ0n) is 10.8. The summed E-state index contributed by atoms with van der Waals surface area (Å²) in [5.74, 6) is -0.507. The lowest BCUT2D eigenvalue weighted by molar-refractivity contribution is -0.126. The van der Waals surface area contributed by atoms with Crippen LogP contribution in [-0.4, -0.2) is 45.1 Å². The van der Waals surface area contributed by atoms with Gasteiger partial charge in [-0.25, -0.2) is 9.78 Å². The van der Waals surface area contributed by atoms with Gasteiger partial charge in [0.15, 0.2) is 5.15 Å². The zero-order chi connectivity index (χ0) is 14.5. The molecule has 1 aliphatic rings. The summed E-state index contributed by atoms with van der Waals surface area (Å²) < 4.78 is 0. The Morgan fingerprint density at radius 3 is 2.90 bits per heavy atom. The number of carbonyl (C=O) groups is 2. The number of amides is 2. The van der Waals surface area contributed by atoms with E-state index in [0.717, 1.165) is 0 Å². The molecule has 0 unspecified atom stereocenters. The number of rotatable bonds is 3. The van der Waals surface area contributed by atoms with Crippen LogP contribution in [0.4, 0.5) is 4.79 Å². The van der Waals surface area contributed by atoms with Gasteiger partial charge in [0.1, 0.15) is 0 Å². The molecule has 0 spiro atoms. The molecule has 108 valence electrons. The van der Waals surface area contributed by atoms with Gasteiger partial charge in [0, 0.05) is 25.5 Å². The number of likely N-dealkylation sites (tertiary alicyclic amines) is 1. The van der Waals surface area contributed by atoms with E-state index in [0.29, 0.717) is 25.1 Å². The fourth-order valence-corrected chi connectivity index (χ4v) is 2.32. The Morgan fingerprint density at radius 1 is 1.45 bits per heavy atom. The fourth-order valence-electron chi connectivity index (χ4n) is 2.15. The highest BCUT2D eigenvalue weighted by Crippen LogP contribution is 2.17. The maximum Gasteiger partial charge on any atom is 0.407 e. The Morgan fingerprint density at radius 2 is 2.20 bits per heavy atom. The first-order valence-corrected chi connectivity index (χ1v) is 6.66. The third-order valence-electron chi connectivity index (χ3n) is 3.22. The van der Waals surface area contributed by atoms with Crippen LogP contribution in [-0.2, 0) is 11.3 Å². The van der Waals surface area contributed by atoms with Crippen molar-refractivity contribution in [2.24, 2.45) is 5.92 Å². The van der Waals surface area contributed by atoms with Crippen LogP contribution < -0.4 is 5.32 Å². The molecule has 1 saturated heterocycles. The van der Waals surface area contributed by atoms with Crippen LogP contribution in [0.3, 0.4) is 0 Å². The van der Waals surface area contributed by atoms with Gasteiger partial charge in [-0.15, -0.1) is 0 Å². The molecule has 1 aliphatic heterocycles. The van der Waals surface area contributed by atoms with Crippen LogP contribution in [0.25, 0.3) is 0 Å². The first-order chi connectivity index (χ1) is 9.58. The number of hydrogen-bond donors (Lipinski definition) is 2. The van der Waals surface area contributed by atoms with E-state index in [1.54, 1.807) is 0 Å². The molecule has 2 heterocycles. The lowest BCUT2D eigenvalue weighted by Gasteiger charge is -2.29. The summed E-state index contributed by atoms with van der Waals surface area (Å²) in [7, 11) is 0. The lowest BCUT2D eigenvalue weighted by atomic mass is 9.97. The van der Waals surface area contributed by atoms with Crippen LogP contribution in [0.5, 0.6) is 0 Å². The molecular formula is C12H15ClN4O3. The van der Waals surface area contributed by atoms with Gasteiger partial charge >= 0.3 is 6.09 Å². The summed E-state index contributed by atoms with van der Waals surface area (Å²) in [5, 5.41) is 11.9. The molecule has 0 aliphatic carbocycles. The van der Waals surface area contributed by atoms with Crippen molar-refractivity contribution in [3.63, 3.8) is 0 Å². The predicted octanol–water partition coefficient (Wildman–Crippen LogP) is 1.14. The number of carboxylic acid groups (broad SMARTS) is 1. The summed E-state index contributed by atoms with van der Waals surface area (Å²) in [5.41, 5.74) is 0.494. The summed E-state index contributed by atoms with van der Waals surface area (Å²) in [6.07, 6.45) is 3.36. The minimum atomic E-state index is -0.987. The quantitative estimate of drug-likeness (QED) is 0.872. The van der Waals surface area contributed by atoms with E-state index in [-0.39, 0.29) is 30.1 Å². The number of carbonyl (C=O) groups excluding carboxylic acids is 1. The Bertz CT molecular complexity index is 511. The van der Waals surface area contributed by atoms with Crippen molar-refractivity contribution in [2.45, 2.75) is 19.4 Å². The van der Waals surface area contributed by atoms with Crippen LogP contribution in [0.1, 0.15) is 18.5 Å². The Balaban J connectivity index is 1.89. The van der Waals surface area contributed by atoms with Crippen molar-refractivity contribution in [2.75, 3.05) is 13.1 Å². The highest BCUT2D eigenvalue weighted by atomic mass is 35.5. The van der Waals surface area contributed by atoms with Crippen LogP contribution in [0.15, 0.2) is 12.4 Å². The topological polar surface area (TPSA) is 95.4 Å². The number of halogens is 1. The minimum Gasteiger partial charge on any atom is -0.465 e. The lowest BCUT2D eigenvalue weighted by Crippen LogP contribution is -2.44. The van der Waals surface area contributed by atoms with E-state index >= 15 is 0 Å². The van der Waals surface area contributed by atoms with Crippen molar-refractivity contribution >= 4 is 23.6 Å². The molecule has 1 aromatic heterocycles. The Kier molecular flexibility index (Phi) is 4.73. The summed E-state index contributed by atoms with van der Waals surface area (Å²) in [6, 6.07) is 0. The number of piperidine rings is 1. The normalized spacial score (nSPS) is 18.6.